The van der Waals surface area contributed by atoms with Crippen molar-refractivity contribution in [3.63, 3.8) is 0 Å². The molecule has 0 bridgehead atoms. The van der Waals surface area contributed by atoms with Gasteiger partial charge in [-0.25, -0.2) is 29.1 Å². The third-order valence-electron chi connectivity index (χ3n) is 18.2. The number of aromatic nitrogens is 2. The van der Waals surface area contributed by atoms with Gasteiger partial charge < -0.3 is 48.9 Å². The number of esters is 2. The Kier molecular flexibility index (Phi) is 21.8. The summed E-state index contributed by atoms with van der Waals surface area (Å²) in [5, 5.41) is 13.2. The number of anilines is 2. The zero-order chi connectivity index (χ0) is 68.9. The first-order chi connectivity index (χ1) is 46.7. The summed E-state index contributed by atoms with van der Waals surface area (Å²) in [6.45, 7) is 12.4. The molecule has 0 unspecified atom stereocenters. The summed E-state index contributed by atoms with van der Waals surface area (Å²) >= 11 is 22.4. The van der Waals surface area contributed by atoms with Gasteiger partial charge >= 0.3 is 24.0 Å². The number of ether oxygens (including phenoxy) is 6. The molecule has 4 saturated heterocycles. The van der Waals surface area contributed by atoms with E-state index in [2.05, 4.69) is 30.4 Å². The van der Waals surface area contributed by atoms with Crippen LogP contribution < -0.4 is 20.4 Å². The number of aliphatic imine (C=N–C) groups is 2. The standard InChI is InChI=1S/C34H36Cl2N6O6S.C34H37ClN6O6S/c1-34(2,48-19-43)20-5-8-22(9-6-20)42-17-26-27(18-46-3)40(12-13-41(26)33(42)45)16-25-28(32(44)47-4)29(23-10-7-21(35)15-24(23)36)39-30(38-25)31-37-11-14-49-31;1-34(2,47-20-42)21-9-11-22(12-10-21)41-18-26-27(19-45-3)39(14-15-40(26)33(41)44)17-25-28(32(43)46-4)29(23-7-5-6-8-24(23)35)38-30(37-25)31-36-13-16-48-31/h5-11,14-15,19,26-27,29H,12-13,16-18H2,1-4H3,(H,38,39);5-13,16,20,26-27,29H,14-15,17-19H2,1-4H3,(H,37,38)/t2*26-,27-,29+/m11/s1. The van der Waals surface area contributed by atoms with E-state index in [1.807, 2.05) is 115 Å². The lowest BCUT2D eigenvalue weighted by atomic mass is 9.94. The van der Waals surface area contributed by atoms with Gasteiger partial charge in [0.2, 0.25) is 0 Å². The Balaban J connectivity index is 0.000000197. The van der Waals surface area contributed by atoms with Crippen LogP contribution in [0.3, 0.4) is 0 Å². The number of thiazole rings is 2. The van der Waals surface area contributed by atoms with Crippen molar-refractivity contribution in [2.45, 2.75) is 75.1 Å². The van der Waals surface area contributed by atoms with E-state index in [1.165, 1.54) is 36.9 Å². The number of benzene rings is 4. The number of methoxy groups -OCH3 is 4. The minimum atomic E-state index is -0.802. The van der Waals surface area contributed by atoms with Gasteiger partial charge in [-0.2, -0.15) is 0 Å². The minimum Gasteiger partial charge on any atom is -0.466 e. The summed E-state index contributed by atoms with van der Waals surface area (Å²) in [6, 6.07) is 24.9. The van der Waals surface area contributed by atoms with Gasteiger partial charge in [0.25, 0.3) is 12.9 Å². The number of amidine groups is 2. The molecule has 24 nitrogen and oxygen atoms in total. The molecule has 4 amide bonds. The van der Waals surface area contributed by atoms with Gasteiger partial charge in [0.1, 0.15) is 23.3 Å². The van der Waals surface area contributed by atoms with Gasteiger partial charge in [-0.1, -0.05) is 83.3 Å². The molecule has 0 saturated carbocycles. The Labute approximate surface area is 584 Å². The molecule has 510 valence electrons. The van der Waals surface area contributed by atoms with Gasteiger partial charge in [0.05, 0.1) is 62.7 Å². The highest BCUT2D eigenvalue weighted by molar-refractivity contribution is 7.12. The van der Waals surface area contributed by atoms with Crippen molar-refractivity contribution < 1.29 is 57.2 Å². The van der Waals surface area contributed by atoms with Crippen LogP contribution in [0, 0.1) is 0 Å². The Hall–Kier alpha value is -8.31. The lowest BCUT2D eigenvalue weighted by molar-refractivity contribution is -0.142. The van der Waals surface area contributed by atoms with Crippen molar-refractivity contribution in [3.05, 3.63) is 184 Å². The molecular formula is C68H73Cl3N12O12S2. The van der Waals surface area contributed by atoms with Crippen LogP contribution in [-0.4, -0.2) is 196 Å². The molecule has 4 aromatic carbocycles. The number of carbonyl (C=O) groups is 6. The van der Waals surface area contributed by atoms with Gasteiger partial charge in [0.15, 0.2) is 21.7 Å². The number of urea groups is 2. The fraction of sp³-hybridized carbons (Fsp3) is 0.382. The fourth-order valence-electron chi connectivity index (χ4n) is 13.2. The average Bonchev–Trinajstić information content (AvgIpc) is 1.74. The molecule has 0 radical (unpaired) electrons. The molecule has 2 N–H and O–H groups in total. The Morgan fingerprint density at radius 2 is 1.02 bits per heavy atom. The van der Waals surface area contributed by atoms with Crippen molar-refractivity contribution in [3.8, 4) is 0 Å². The zero-order valence-electron chi connectivity index (χ0n) is 54.5. The van der Waals surface area contributed by atoms with E-state index in [9.17, 15) is 28.8 Å². The van der Waals surface area contributed by atoms with E-state index in [0.717, 1.165) is 22.5 Å². The van der Waals surface area contributed by atoms with Gasteiger partial charge in [-0.05, 0) is 81.3 Å². The minimum absolute atomic E-state index is 0.0841. The Morgan fingerprint density at radius 1 is 0.588 bits per heavy atom. The molecule has 0 spiro atoms. The molecule has 0 aliphatic carbocycles. The largest absolute Gasteiger partial charge is 0.466 e. The van der Waals surface area contributed by atoms with Crippen LogP contribution in [0.15, 0.2) is 147 Å². The number of nitrogens with zero attached hydrogens (tertiary/aromatic N) is 10. The lowest BCUT2D eigenvalue weighted by Crippen LogP contribution is -2.61. The van der Waals surface area contributed by atoms with Gasteiger partial charge in [0, 0.05) is 139 Å². The van der Waals surface area contributed by atoms with E-state index < -0.39 is 35.2 Å². The second-order valence-corrected chi connectivity index (χ2v) is 27.5. The third kappa shape index (κ3) is 14.6. The van der Waals surface area contributed by atoms with Crippen LogP contribution in [0.25, 0.3) is 0 Å². The summed E-state index contributed by atoms with van der Waals surface area (Å²) in [5.74, 6) is -0.0247. The van der Waals surface area contributed by atoms with Crippen molar-refractivity contribution in [2.24, 2.45) is 9.98 Å². The topological polar surface area (TPSA) is 252 Å². The van der Waals surface area contributed by atoms with Crippen molar-refractivity contribution in [1.29, 1.82) is 0 Å². The van der Waals surface area contributed by atoms with Crippen molar-refractivity contribution >= 4 is 117 Å². The third-order valence-corrected chi connectivity index (χ3v) is 20.7. The number of hydrogen-bond acceptors (Lipinski definition) is 22. The molecule has 2 aromatic heterocycles. The molecule has 12 rings (SSSR count). The predicted molar refractivity (Wildman–Crippen MR) is 369 cm³/mol. The molecule has 8 heterocycles. The average molecular weight is 1420 g/mol. The Morgan fingerprint density at radius 3 is 1.40 bits per heavy atom. The number of hydrogen-bond donors (Lipinski definition) is 2. The van der Waals surface area contributed by atoms with Gasteiger partial charge in [-0.3, -0.25) is 39.2 Å². The monoisotopic (exact) mass is 1420 g/mol. The van der Waals surface area contributed by atoms with Crippen LogP contribution >= 0.6 is 57.5 Å². The first-order valence-electron chi connectivity index (χ1n) is 31.1. The van der Waals surface area contributed by atoms with E-state index in [0.29, 0.717) is 149 Å². The van der Waals surface area contributed by atoms with Crippen LogP contribution in [0.2, 0.25) is 15.1 Å². The summed E-state index contributed by atoms with van der Waals surface area (Å²) in [7, 11) is 5.97. The van der Waals surface area contributed by atoms with E-state index in [1.54, 1.807) is 60.7 Å². The van der Waals surface area contributed by atoms with Gasteiger partial charge in [-0.15, -0.1) is 22.7 Å². The van der Waals surface area contributed by atoms with Crippen molar-refractivity contribution in [2.75, 3.05) is 104 Å². The molecule has 29 heteroatoms. The maximum atomic E-state index is 13.8. The number of nitrogens with one attached hydrogen (secondary N) is 2. The first kappa shape index (κ1) is 70.0. The quantitative estimate of drug-likeness (QED) is 0.0365. The molecule has 6 atom stereocenters. The van der Waals surface area contributed by atoms with E-state index in [4.69, 9.17) is 73.2 Å². The first-order valence-corrected chi connectivity index (χ1v) is 34.0. The smallest absolute Gasteiger partial charge is 0.338 e. The van der Waals surface area contributed by atoms with Crippen LogP contribution in [0.5, 0.6) is 0 Å². The number of amides is 4. The molecule has 97 heavy (non-hydrogen) atoms. The number of piperazine rings is 2. The summed E-state index contributed by atoms with van der Waals surface area (Å²) in [5.41, 5.74) is 4.68. The summed E-state index contributed by atoms with van der Waals surface area (Å²) < 4.78 is 32.5. The Bertz CT molecular complexity index is 4030. The molecule has 4 fully saturated rings. The maximum Gasteiger partial charge on any atom is 0.338 e. The summed E-state index contributed by atoms with van der Waals surface area (Å²) in [4.78, 5) is 107. The predicted octanol–water partition coefficient (Wildman–Crippen LogP) is 9.38. The zero-order valence-corrected chi connectivity index (χ0v) is 58.4. The highest BCUT2D eigenvalue weighted by atomic mass is 35.5. The van der Waals surface area contributed by atoms with Crippen LogP contribution in [-0.2, 0) is 58.8 Å². The molecule has 6 aliphatic rings. The normalized spacial score (nSPS) is 21.4. The second kappa shape index (κ2) is 30.2. The lowest BCUT2D eigenvalue weighted by Gasteiger charge is -2.44. The van der Waals surface area contributed by atoms with Crippen LogP contribution in [0.1, 0.15) is 72.0 Å². The van der Waals surface area contributed by atoms with Crippen LogP contribution in [0.4, 0.5) is 21.0 Å². The highest BCUT2D eigenvalue weighted by Crippen LogP contribution is 2.41. The number of fused-ring (bicyclic) bond motifs is 2. The molecular weight excluding hydrogens is 1350 g/mol. The highest BCUT2D eigenvalue weighted by Gasteiger charge is 2.50. The number of halogens is 3. The van der Waals surface area contributed by atoms with Crippen molar-refractivity contribution in [1.82, 2.24) is 40.2 Å². The number of carbonyl (C=O) groups excluding carboxylic acids is 6. The van der Waals surface area contributed by atoms with E-state index >= 15 is 0 Å². The second-order valence-electron chi connectivity index (χ2n) is 24.5. The fourth-order valence-corrected chi connectivity index (χ4v) is 15.1. The summed E-state index contributed by atoms with van der Waals surface area (Å²) in [6.07, 6.45) is 3.40. The SMILES string of the molecule is COC[C@@H]1[C@H]2CN(c3ccc(C(C)(C)OC=O)cc3)C(=O)N2CCN1CC1=C(C(=O)OC)[C@H](c2ccc(Cl)cc2Cl)N=C(c2nccs2)N1.COC[C@@H]1[C@H]2CN(c3ccc(C(C)(C)OC=O)cc3)C(=O)N2CCN1CC1=C(C(=O)OC)[C@H](c2ccccc2Cl)N=C(c2nccs2)N1. The van der Waals surface area contributed by atoms with E-state index in [-0.39, 0.29) is 36.2 Å². The molecule has 6 aromatic rings. The molecule has 6 aliphatic heterocycles. The number of rotatable bonds is 22. The maximum absolute atomic E-state index is 13.8.